The molecule has 1 rings (SSSR count). The van der Waals surface area contributed by atoms with Crippen LogP contribution in [0, 0.1) is 23.7 Å². The molecule has 1 fully saturated rings. The van der Waals surface area contributed by atoms with Crippen molar-refractivity contribution >= 4 is 5.91 Å². The Hall–Kier alpha value is -0.610. The Morgan fingerprint density at radius 3 is 2.47 bits per heavy atom. The maximum absolute atomic E-state index is 12.1. The minimum atomic E-state index is -0.0730. The summed E-state index contributed by atoms with van der Waals surface area (Å²) in [6.45, 7) is 5.57. The van der Waals surface area contributed by atoms with Crippen LogP contribution in [0.15, 0.2) is 0 Å². The number of amides is 1. The molecule has 4 nitrogen and oxygen atoms in total. The van der Waals surface area contributed by atoms with Gasteiger partial charge in [0.15, 0.2) is 0 Å². The van der Waals surface area contributed by atoms with Crippen LogP contribution >= 0.6 is 0 Å². The summed E-state index contributed by atoms with van der Waals surface area (Å²) in [6.07, 6.45) is 5.46. The van der Waals surface area contributed by atoms with E-state index in [9.17, 15) is 9.90 Å². The molecule has 0 spiro atoms. The van der Waals surface area contributed by atoms with Crippen LogP contribution in [-0.2, 0) is 4.79 Å². The second kappa shape index (κ2) is 8.54. The van der Waals surface area contributed by atoms with Gasteiger partial charge in [0, 0.05) is 19.7 Å². The summed E-state index contributed by atoms with van der Waals surface area (Å²) >= 11 is 0. The van der Waals surface area contributed by atoms with Gasteiger partial charge in [0.05, 0.1) is 5.92 Å². The number of aliphatic hydroxyl groups excluding tert-OH is 1. The molecule has 0 aromatic rings. The lowest BCUT2D eigenvalue weighted by Crippen LogP contribution is -2.40. The van der Waals surface area contributed by atoms with Crippen LogP contribution < -0.4 is 11.1 Å². The molecule has 0 bridgehead atoms. The Bertz CT molecular complexity index is 269. The van der Waals surface area contributed by atoms with E-state index in [1.54, 1.807) is 0 Å². The molecule has 112 valence electrons. The Labute approximate surface area is 117 Å². The number of aliphatic hydroxyl groups is 1. The first-order valence-electron chi connectivity index (χ1n) is 7.67. The normalized spacial score (nSPS) is 25.3. The van der Waals surface area contributed by atoms with Crippen molar-refractivity contribution in [1.29, 1.82) is 0 Å². The van der Waals surface area contributed by atoms with Gasteiger partial charge in [-0.25, -0.2) is 0 Å². The van der Waals surface area contributed by atoms with Crippen LogP contribution in [0.4, 0.5) is 0 Å². The first kappa shape index (κ1) is 16.4. The molecule has 4 heteroatoms. The molecule has 1 aliphatic rings. The fourth-order valence-electron chi connectivity index (χ4n) is 3.05. The van der Waals surface area contributed by atoms with Crippen molar-refractivity contribution in [3.63, 3.8) is 0 Å². The molecule has 0 saturated heterocycles. The fourth-order valence-corrected chi connectivity index (χ4v) is 3.05. The number of nitrogens with one attached hydrogen (secondary N) is 1. The predicted molar refractivity (Wildman–Crippen MR) is 77.5 cm³/mol. The van der Waals surface area contributed by atoms with Crippen LogP contribution in [0.25, 0.3) is 0 Å². The molecule has 1 saturated carbocycles. The molecule has 0 aromatic carbocycles. The van der Waals surface area contributed by atoms with Gasteiger partial charge in [0.1, 0.15) is 0 Å². The smallest absolute Gasteiger partial charge is 0.224 e. The summed E-state index contributed by atoms with van der Waals surface area (Å²) in [7, 11) is 0. The van der Waals surface area contributed by atoms with E-state index in [0.29, 0.717) is 30.8 Å². The number of hydrogen-bond acceptors (Lipinski definition) is 3. The highest BCUT2D eigenvalue weighted by Crippen LogP contribution is 2.29. The zero-order valence-electron chi connectivity index (χ0n) is 12.4. The van der Waals surface area contributed by atoms with Crippen LogP contribution in [0.5, 0.6) is 0 Å². The Kier molecular flexibility index (Phi) is 7.39. The van der Waals surface area contributed by atoms with Gasteiger partial charge in [-0.1, -0.05) is 26.7 Å². The summed E-state index contributed by atoms with van der Waals surface area (Å²) in [5.74, 6) is 1.28. The standard InChI is InChI=1S/C15H30N2O2/c1-11(2)7-14(8-16)15(19)17-9-12-5-3-4-6-13(12)10-18/h11-14,18H,3-10,16H2,1-2H3,(H,17,19). The van der Waals surface area contributed by atoms with Crippen molar-refractivity contribution in [2.75, 3.05) is 19.7 Å². The number of hydrogen-bond donors (Lipinski definition) is 3. The van der Waals surface area contributed by atoms with E-state index >= 15 is 0 Å². The first-order valence-corrected chi connectivity index (χ1v) is 7.67. The fraction of sp³-hybridized carbons (Fsp3) is 0.933. The highest BCUT2D eigenvalue weighted by atomic mass is 16.3. The summed E-state index contributed by atoms with van der Waals surface area (Å²) in [4.78, 5) is 12.1. The summed E-state index contributed by atoms with van der Waals surface area (Å²) in [5.41, 5.74) is 5.68. The van der Waals surface area contributed by atoms with Crippen LogP contribution in [0.1, 0.15) is 46.0 Å². The van der Waals surface area contributed by atoms with Crippen LogP contribution in [-0.4, -0.2) is 30.7 Å². The third kappa shape index (κ3) is 5.49. The van der Waals surface area contributed by atoms with Gasteiger partial charge in [-0.05, 0) is 37.0 Å². The van der Waals surface area contributed by atoms with Gasteiger partial charge >= 0.3 is 0 Å². The number of rotatable bonds is 7. The highest BCUT2D eigenvalue weighted by molar-refractivity contribution is 5.78. The van der Waals surface area contributed by atoms with Gasteiger partial charge in [-0.2, -0.15) is 0 Å². The van der Waals surface area contributed by atoms with Gasteiger partial charge in [0.2, 0.25) is 5.91 Å². The van der Waals surface area contributed by atoms with Gasteiger partial charge in [-0.15, -0.1) is 0 Å². The molecule has 4 N–H and O–H groups in total. The Balaban J connectivity index is 2.38. The van der Waals surface area contributed by atoms with Crippen LogP contribution in [0.3, 0.4) is 0 Å². The quantitative estimate of drug-likeness (QED) is 0.656. The summed E-state index contributed by atoms with van der Waals surface area (Å²) in [5, 5.41) is 12.4. The lowest BCUT2D eigenvalue weighted by Gasteiger charge is -2.30. The van der Waals surface area contributed by atoms with Gasteiger partial charge in [0.25, 0.3) is 0 Å². The van der Waals surface area contributed by atoms with E-state index in [2.05, 4.69) is 19.2 Å². The first-order chi connectivity index (χ1) is 9.08. The topological polar surface area (TPSA) is 75.4 Å². The number of carbonyl (C=O) groups excluding carboxylic acids is 1. The molecule has 1 amide bonds. The van der Waals surface area contributed by atoms with Crippen molar-refractivity contribution in [3.05, 3.63) is 0 Å². The number of carbonyl (C=O) groups is 1. The molecule has 0 aliphatic heterocycles. The maximum atomic E-state index is 12.1. The van der Waals surface area contributed by atoms with Crippen molar-refractivity contribution in [2.24, 2.45) is 29.4 Å². The van der Waals surface area contributed by atoms with Crippen molar-refractivity contribution in [1.82, 2.24) is 5.32 Å². The molecular weight excluding hydrogens is 240 g/mol. The second-order valence-electron chi connectivity index (χ2n) is 6.29. The summed E-state index contributed by atoms with van der Waals surface area (Å²) < 4.78 is 0. The molecule has 0 aromatic heterocycles. The Morgan fingerprint density at radius 1 is 1.32 bits per heavy atom. The van der Waals surface area contributed by atoms with E-state index < -0.39 is 0 Å². The monoisotopic (exact) mass is 270 g/mol. The van der Waals surface area contributed by atoms with Crippen LogP contribution in [0.2, 0.25) is 0 Å². The minimum Gasteiger partial charge on any atom is -0.396 e. The lowest BCUT2D eigenvalue weighted by molar-refractivity contribution is -0.125. The van der Waals surface area contributed by atoms with Gasteiger partial charge in [-0.3, -0.25) is 4.79 Å². The molecule has 3 unspecified atom stereocenters. The molecule has 0 radical (unpaired) electrons. The summed E-state index contributed by atoms with van der Waals surface area (Å²) in [6, 6.07) is 0. The third-order valence-electron chi connectivity index (χ3n) is 4.25. The minimum absolute atomic E-state index is 0.0730. The van der Waals surface area contributed by atoms with Crippen molar-refractivity contribution < 1.29 is 9.90 Å². The Morgan fingerprint density at radius 2 is 1.95 bits per heavy atom. The van der Waals surface area contributed by atoms with E-state index in [-0.39, 0.29) is 18.4 Å². The van der Waals surface area contributed by atoms with E-state index in [0.717, 1.165) is 19.3 Å². The molecule has 3 atom stereocenters. The van der Waals surface area contributed by atoms with Crippen molar-refractivity contribution in [3.8, 4) is 0 Å². The van der Waals surface area contributed by atoms with Crippen molar-refractivity contribution in [2.45, 2.75) is 46.0 Å². The molecule has 1 aliphatic carbocycles. The van der Waals surface area contributed by atoms with E-state index in [1.165, 1.54) is 12.8 Å². The molecular formula is C15H30N2O2. The second-order valence-corrected chi connectivity index (χ2v) is 6.29. The third-order valence-corrected chi connectivity index (χ3v) is 4.25. The van der Waals surface area contributed by atoms with E-state index in [4.69, 9.17) is 5.73 Å². The lowest BCUT2D eigenvalue weighted by atomic mass is 9.79. The average molecular weight is 270 g/mol. The average Bonchev–Trinajstić information content (AvgIpc) is 2.42. The molecule has 19 heavy (non-hydrogen) atoms. The number of nitrogens with two attached hydrogens (primary N) is 1. The highest BCUT2D eigenvalue weighted by Gasteiger charge is 2.26. The maximum Gasteiger partial charge on any atom is 0.224 e. The zero-order valence-corrected chi connectivity index (χ0v) is 12.4. The SMILES string of the molecule is CC(C)CC(CN)C(=O)NCC1CCCCC1CO. The largest absolute Gasteiger partial charge is 0.396 e. The molecule has 0 heterocycles. The van der Waals surface area contributed by atoms with E-state index in [1.807, 2.05) is 0 Å². The zero-order chi connectivity index (χ0) is 14.3. The van der Waals surface area contributed by atoms with Gasteiger partial charge < -0.3 is 16.2 Å². The predicted octanol–water partition coefficient (Wildman–Crippen LogP) is 1.52.